The molecule has 4 amide bonds. The van der Waals surface area contributed by atoms with Gasteiger partial charge in [-0.1, -0.05) is 49.4 Å². The number of nitrogens with zero attached hydrogens (tertiary/aromatic N) is 1. The number of carbonyl (C=O) groups is 3. The lowest BCUT2D eigenvalue weighted by Gasteiger charge is -2.25. The molecule has 7 heteroatoms. The molecule has 1 atom stereocenters. The normalized spacial score (nSPS) is 19.1. The average molecular weight is 383 g/mol. The average Bonchev–Trinajstić information content (AvgIpc) is 2.94. The predicted octanol–water partition coefficient (Wildman–Crippen LogP) is 3.20. The van der Waals surface area contributed by atoms with Gasteiger partial charge in [0.1, 0.15) is 12.1 Å². The highest BCUT2D eigenvalue weighted by molar-refractivity contribution is 7.98. The van der Waals surface area contributed by atoms with Crippen molar-refractivity contribution < 1.29 is 14.4 Å². The number of rotatable bonds is 6. The highest BCUT2D eigenvalue weighted by Crippen LogP contribution is 2.32. The molecule has 1 saturated heterocycles. The number of amides is 4. The predicted molar refractivity (Wildman–Crippen MR) is 106 cm³/mol. The zero-order valence-electron chi connectivity index (χ0n) is 15.2. The molecule has 0 spiro atoms. The van der Waals surface area contributed by atoms with Crippen molar-refractivity contribution in [2.45, 2.75) is 23.8 Å². The molecule has 1 aliphatic rings. The molecule has 27 heavy (non-hydrogen) atoms. The Balaban J connectivity index is 1.78. The van der Waals surface area contributed by atoms with Crippen LogP contribution in [0.2, 0.25) is 0 Å². The Hall–Kier alpha value is -2.80. The van der Waals surface area contributed by atoms with Crippen molar-refractivity contribution in [2.75, 3.05) is 18.1 Å². The monoisotopic (exact) mass is 383 g/mol. The first-order valence-corrected chi connectivity index (χ1v) is 9.87. The van der Waals surface area contributed by atoms with Gasteiger partial charge in [-0.3, -0.25) is 14.5 Å². The molecule has 140 valence electrons. The maximum atomic E-state index is 13.0. The lowest BCUT2D eigenvalue weighted by Crippen LogP contribution is -2.44. The van der Waals surface area contributed by atoms with Crippen LogP contribution in [0.15, 0.2) is 59.5 Å². The van der Waals surface area contributed by atoms with Crippen molar-refractivity contribution >= 4 is 35.3 Å². The lowest BCUT2D eigenvalue weighted by molar-refractivity contribution is -0.134. The van der Waals surface area contributed by atoms with E-state index in [2.05, 4.69) is 10.6 Å². The first-order chi connectivity index (χ1) is 13.0. The van der Waals surface area contributed by atoms with E-state index in [1.54, 1.807) is 18.2 Å². The molecule has 2 aromatic carbocycles. The molecule has 6 nitrogen and oxygen atoms in total. The van der Waals surface area contributed by atoms with E-state index in [0.717, 1.165) is 9.80 Å². The van der Waals surface area contributed by atoms with Gasteiger partial charge in [-0.05, 0) is 30.4 Å². The summed E-state index contributed by atoms with van der Waals surface area (Å²) in [5.74, 6) is -0.825. The van der Waals surface area contributed by atoms with E-state index in [1.807, 2.05) is 49.6 Å². The number of benzene rings is 2. The van der Waals surface area contributed by atoms with Gasteiger partial charge in [0, 0.05) is 4.90 Å². The Morgan fingerprint density at radius 3 is 2.44 bits per heavy atom. The third-order valence-electron chi connectivity index (χ3n) is 4.66. The molecule has 0 radical (unpaired) electrons. The number of hydrogen-bond acceptors (Lipinski definition) is 4. The van der Waals surface area contributed by atoms with E-state index < -0.39 is 23.4 Å². The molecule has 0 unspecified atom stereocenters. The van der Waals surface area contributed by atoms with Crippen molar-refractivity contribution in [1.29, 1.82) is 0 Å². The van der Waals surface area contributed by atoms with Crippen LogP contribution in [0, 0.1) is 0 Å². The van der Waals surface area contributed by atoms with Crippen LogP contribution in [-0.4, -0.2) is 35.5 Å². The number of carbonyl (C=O) groups excluding carboxylic acids is 3. The van der Waals surface area contributed by atoms with Gasteiger partial charge in [0.2, 0.25) is 5.91 Å². The van der Waals surface area contributed by atoms with Gasteiger partial charge >= 0.3 is 6.03 Å². The van der Waals surface area contributed by atoms with Crippen LogP contribution < -0.4 is 10.6 Å². The second kappa shape index (κ2) is 7.84. The van der Waals surface area contributed by atoms with Gasteiger partial charge in [0.05, 0.1) is 5.69 Å². The molecule has 2 N–H and O–H groups in total. The number of nitrogens with one attached hydrogen (secondary N) is 2. The fraction of sp³-hybridized carbons (Fsp3) is 0.250. The molecule has 0 aromatic heterocycles. The van der Waals surface area contributed by atoms with E-state index in [0.29, 0.717) is 17.7 Å². The molecule has 1 heterocycles. The van der Waals surface area contributed by atoms with Crippen molar-refractivity contribution in [3.8, 4) is 0 Å². The summed E-state index contributed by atoms with van der Waals surface area (Å²) in [7, 11) is 0. The summed E-state index contributed by atoms with van der Waals surface area (Å²) < 4.78 is 0. The molecule has 0 bridgehead atoms. The van der Waals surface area contributed by atoms with Gasteiger partial charge in [0.15, 0.2) is 0 Å². The van der Waals surface area contributed by atoms with Gasteiger partial charge in [-0.25, -0.2) is 4.79 Å². The highest BCUT2D eigenvalue weighted by atomic mass is 32.2. The van der Waals surface area contributed by atoms with Crippen molar-refractivity contribution in [3.05, 3.63) is 60.2 Å². The quantitative estimate of drug-likeness (QED) is 0.593. The molecular formula is C20H21N3O3S. The van der Waals surface area contributed by atoms with Gasteiger partial charge in [-0.15, -0.1) is 11.8 Å². The van der Waals surface area contributed by atoms with Crippen LogP contribution in [0.3, 0.4) is 0 Å². The van der Waals surface area contributed by atoms with Crippen LogP contribution >= 0.6 is 11.8 Å². The zero-order valence-corrected chi connectivity index (χ0v) is 16.0. The molecule has 1 aliphatic heterocycles. The van der Waals surface area contributed by atoms with Crippen LogP contribution in [0.25, 0.3) is 0 Å². The third-order valence-corrected chi connectivity index (χ3v) is 5.45. The van der Waals surface area contributed by atoms with Gasteiger partial charge < -0.3 is 10.6 Å². The number of anilines is 1. The Morgan fingerprint density at radius 2 is 1.78 bits per heavy atom. The molecule has 0 aliphatic carbocycles. The Morgan fingerprint density at radius 1 is 1.11 bits per heavy atom. The summed E-state index contributed by atoms with van der Waals surface area (Å²) in [5.41, 5.74) is 0.240. The zero-order chi connectivity index (χ0) is 19.4. The van der Waals surface area contributed by atoms with E-state index in [1.165, 1.54) is 11.8 Å². The van der Waals surface area contributed by atoms with Crippen molar-refractivity contribution in [2.24, 2.45) is 0 Å². The fourth-order valence-corrected chi connectivity index (χ4v) is 3.77. The first-order valence-electron chi connectivity index (χ1n) is 8.64. The van der Waals surface area contributed by atoms with Crippen LogP contribution in [0.4, 0.5) is 10.5 Å². The minimum atomic E-state index is -1.13. The Bertz CT molecular complexity index is 872. The molecule has 2 aromatic rings. The molecule has 0 saturated carbocycles. The Labute approximate surface area is 162 Å². The van der Waals surface area contributed by atoms with E-state index in [9.17, 15) is 14.4 Å². The number of urea groups is 1. The van der Waals surface area contributed by atoms with E-state index in [-0.39, 0.29) is 6.54 Å². The summed E-state index contributed by atoms with van der Waals surface area (Å²) in [6.07, 6.45) is 2.31. The topological polar surface area (TPSA) is 78.5 Å². The highest BCUT2D eigenvalue weighted by Gasteiger charge is 2.51. The van der Waals surface area contributed by atoms with E-state index >= 15 is 0 Å². The minimum Gasteiger partial charge on any atom is -0.324 e. The van der Waals surface area contributed by atoms with Crippen LogP contribution in [0.1, 0.15) is 18.9 Å². The maximum absolute atomic E-state index is 13.0. The number of thioether (sulfide) groups is 1. The molecule has 1 fully saturated rings. The number of para-hydroxylation sites is 1. The van der Waals surface area contributed by atoms with Gasteiger partial charge in [-0.2, -0.15) is 0 Å². The largest absolute Gasteiger partial charge is 0.325 e. The summed E-state index contributed by atoms with van der Waals surface area (Å²) in [6.45, 7) is 1.51. The summed E-state index contributed by atoms with van der Waals surface area (Å²) in [6, 6.07) is 15.9. The fourth-order valence-electron chi connectivity index (χ4n) is 3.21. The number of hydrogen-bond donors (Lipinski definition) is 2. The van der Waals surface area contributed by atoms with Crippen LogP contribution in [0.5, 0.6) is 0 Å². The van der Waals surface area contributed by atoms with Gasteiger partial charge in [0.25, 0.3) is 5.91 Å². The SMILES string of the molecule is CC[C@@]1(c2ccccc2)NC(=O)N(CC(=O)Nc2ccccc2SC)C1=O. The second-order valence-corrected chi connectivity index (χ2v) is 7.04. The maximum Gasteiger partial charge on any atom is 0.325 e. The van der Waals surface area contributed by atoms with Crippen molar-refractivity contribution in [3.63, 3.8) is 0 Å². The smallest absolute Gasteiger partial charge is 0.324 e. The first kappa shape index (κ1) is 19.0. The standard InChI is InChI=1S/C20H21N3O3S/c1-3-20(14-9-5-4-6-10-14)18(25)23(19(26)22-20)13-17(24)21-15-11-7-8-12-16(15)27-2/h4-12H,3,13H2,1-2H3,(H,21,24)(H,22,26)/t20-/m0/s1. The molecular weight excluding hydrogens is 362 g/mol. The van der Waals surface area contributed by atoms with Crippen LogP contribution in [-0.2, 0) is 15.1 Å². The summed E-state index contributed by atoms with van der Waals surface area (Å²) in [5, 5.41) is 5.56. The van der Waals surface area contributed by atoms with Crippen molar-refractivity contribution in [1.82, 2.24) is 10.2 Å². The second-order valence-electron chi connectivity index (χ2n) is 6.19. The number of imide groups is 1. The third kappa shape index (κ3) is 3.55. The minimum absolute atomic E-state index is 0.331. The van der Waals surface area contributed by atoms with E-state index in [4.69, 9.17) is 0 Å². The Kier molecular flexibility index (Phi) is 5.51. The summed E-state index contributed by atoms with van der Waals surface area (Å²) in [4.78, 5) is 39.9. The summed E-state index contributed by atoms with van der Waals surface area (Å²) >= 11 is 1.51. The lowest BCUT2D eigenvalue weighted by atomic mass is 9.87. The molecule has 3 rings (SSSR count).